The molecule has 2 rings (SSSR count). The molecule has 0 saturated carbocycles. The van der Waals surface area contributed by atoms with Gasteiger partial charge < -0.3 is 10.2 Å². The number of hydrogen-bond acceptors (Lipinski definition) is 2. The molecule has 22 heavy (non-hydrogen) atoms. The van der Waals surface area contributed by atoms with Crippen molar-refractivity contribution in [2.75, 3.05) is 26.2 Å². The smallest absolute Gasteiger partial charge is 0.352 e. The first kappa shape index (κ1) is 16.8. The van der Waals surface area contributed by atoms with Gasteiger partial charge in [-0.25, -0.2) is 0 Å². The molecule has 1 aliphatic heterocycles. The third-order valence-electron chi connectivity index (χ3n) is 3.86. The van der Waals surface area contributed by atoms with E-state index in [1.165, 1.54) is 31.4 Å². The van der Waals surface area contributed by atoms with Crippen LogP contribution in [0.25, 0.3) is 0 Å². The van der Waals surface area contributed by atoms with E-state index in [2.05, 4.69) is 10.2 Å². The fourth-order valence-corrected chi connectivity index (χ4v) is 2.60. The molecule has 6 heteroatoms. The first-order valence-electron chi connectivity index (χ1n) is 7.64. The summed E-state index contributed by atoms with van der Waals surface area (Å²) >= 11 is 0. The summed E-state index contributed by atoms with van der Waals surface area (Å²) in [5, 5.41) is 2.75. The van der Waals surface area contributed by atoms with E-state index < -0.39 is 11.7 Å². The highest BCUT2D eigenvalue weighted by Gasteiger charge is 2.30. The molecule has 1 amide bonds. The standard InChI is InChI=1S/C16H21F3N2O/c17-16(18,19)14-7-5-13(6-8-14)15(22)20-9-4-12-21-10-2-1-3-11-21/h5-8H,1-4,9-12H2,(H,20,22). The van der Waals surface area contributed by atoms with Crippen LogP contribution in [0.1, 0.15) is 41.6 Å². The molecule has 1 saturated heterocycles. The topological polar surface area (TPSA) is 32.3 Å². The zero-order chi connectivity index (χ0) is 16.0. The minimum absolute atomic E-state index is 0.256. The van der Waals surface area contributed by atoms with Crippen LogP contribution >= 0.6 is 0 Å². The summed E-state index contributed by atoms with van der Waals surface area (Å²) in [6.07, 6.45) is 0.243. The predicted molar refractivity (Wildman–Crippen MR) is 78.7 cm³/mol. The Balaban J connectivity index is 1.72. The second-order valence-electron chi connectivity index (χ2n) is 5.59. The maximum Gasteiger partial charge on any atom is 0.416 e. The van der Waals surface area contributed by atoms with Gasteiger partial charge in [0.2, 0.25) is 0 Å². The molecule has 3 nitrogen and oxygen atoms in total. The van der Waals surface area contributed by atoms with Gasteiger partial charge in [0, 0.05) is 12.1 Å². The van der Waals surface area contributed by atoms with Crippen LogP contribution in [0.2, 0.25) is 0 Å². The molecule has 1 aromatic rings. The zero-order valence-electron chi connectivity index (χ0n) is 12.5. The molecule has 0 unspecified atom stereocenters. The highest BCUT2D eigenvalue weighted by atomic mass is 19.4. The lowest BCUT2D eigenvalue weighted by atomic mass is 10.1. The number of hydrogen-bond donors (Lipinski definition) is 1. The van der Waals surface area contributed by atoms with Crippen LogP contribution in [0.5, 0.6) is 0 Å². The van der Waals surface area contributed by atoms with E-state index in [0.29, 0.717) is 6.54 Å². The summed E-state index contributed by atoms with van der Waals surface area (Å²) in [6.45, 7) is 3.73. The van der Waals surface area contributed by atoms with Crippen LogP contribution in [0, 0.1) is 0 Å². The minimum atomic E-state index is -4.37. The average Bonchev–Trinajstić information content (AvgIpc) is 2.52. The summed E-state index contributed by atoms with van der Waals surface area (Å²) in [5.74, 6) is -0.327. The Morgan fingerprint density at radius 2 is 1.73 bits per heavy atom. The van der Waals surface area contributed by atoms with Gasteiger partial charge >= 0.3 is 6.18 Å². The largest absolute Gasteiger partial charge is 0.416 e. The summed E-state index contributed by atoms with van der Waals surface area (Å²) in [6, 6.07) is 4.29. The molecule has 0 atom stereocenters. The zero-order valence-corrected chi connectivity index (χ0v) is 12.5. The Kier molecular flexibility index (Phi) is 5.83. The number of likely N-dealkylation sites (tertiary alicyclic amines) is 1. The van der Waals surface area contributed by atoms with Gasteiger partial charge in [-0.15, -0.1) is 0 Å². The number of benzene rings is 1. The van der Waals surface area contributed by atoms with Gasteiger partial charge in [0.05, 0.1) is 5.56 Å². The number of nitrogens with one attached hydrogen (secondary N) is 1. The van der Waals surface area contributed by atoms with Crippen molar-refractivity contribution < 1.29 is 18.0 Å². The average molecular weight is 314 g/mol. The molecule has 122 valence electrons. The molecule has 1 heterocycles. The van der Waals surface area contributed by atoms with Crippen molar-refractivity contribution >= 4 is 5.91 Å². The number of alkyl halides is 3. The summed E-state index contributed by atoms with van der Waals surface area (Å²) in [4.78, 5) is 14.2. The second kappa shape index (κ2) is 7.63. The quantitative estimate of drug-likeness (QED) is 0.846. The van der Waals surface area contributed by atoms with Crippen molar-refractivity contribution in [2.45, 2.75) is 31.9 Å². The fourth-order valence-electron chi connectivity index (χ4n) is 2.60. The Morgan fingerprint density at radius 3 is 2.32 bits per heavy atom. The number of carbonyl (C=O) groups excluding carboxylic acids is 1. The van der Waals surface area contributed by atoms with Crippen molar-refractivity contribution in [3.05, 3.63) is 35.4 Å². The van der Waals surface area contributed by atoms with E-state index >= 15 is 0 Å². The van der Waals surface area contributed by atoms with E-state index in [9.17, 15) is 18.0 Å². The summed E-state index contributed by atoms with van der Waals surface area (Å²) in [5.41, 5.74) is -0.486. The Bertz CT molecular complexity index is 479. The Morgan fingerprint density at radius 1 is 1.09 bits per heavy atom. The molecule has 1 aliphatic rings. The molecular formula is C16H21F3N2O. The van der Waals surface area contributed by atoms with Crippen molar-refractivity contribution in [1.82, 2.24) is 10.2 Å². The lowest BCUT2D eigenvalue weighted by Gasteiger charge is -2.26. The Hall–Kier alpha value is -1.56. The fraction of sp³-hybridized carbons (Fsp3) is 0.562. The van der Waals surface area contributed by atoms with E-state index in [4.69, 9.17) is 0 Å². The SMILES string of the molecule is O=C(NCCCN1CCCCC1)c1ccc(C(F)(F)F)cc1. The Labute approximate surface area is 128 Å². The first-order valence-corrected chi connectivity index (χ1v) is 7.64. The van der Waals surface area contributed by atoms with Gasteiger partial charge in [-0.1, -0.05) is 6.42 Å². The normalized spacial score (nSPS) is 16.5. The minimum Gasteiger partial charge on any atom is -0.352 e. The molecule has 0 spiro atoms. The van der Waals surface area contributed by atoms with Gasteiger partial charge in [0.25, 0.3) is 5.91 Å². The molecular weight excluding hydrogens is 293 g/mol. The van der Waals surface area contributed by atoms with Crippen LogP contribution in [-0.4, -0.2) is 37.0 Å². The first-order chi connectivity index (χ1) is 10.5. The lowest BCUT2D eigenvalue weighted by molar-refractivity contribution is -0.137. The van der Waals surface area contributed by atoms with E-state index in [1.807, 2.05) is 0 Å². The number of piperidine rings is 1. The maximum absolute atomic E-state index is 12.4. The molecule has 1 fully saturated rings. The molecule has 0 aliphatic carbocycles. The molecule has 0 bridgehead atoms. The molecule has 0 aromatic heterocycles. The van der Waals surface area contributed by atoms with Crippen molar-refractivity contribution in [1.29, 1.82) is 0 Å². The van der Waals surface area contributed by atoms with E-state index in [0.717, 1.165) is 38.2 Å². The van der Waals surface area contributed by atoms with Gasteiger partial charge in [-0.3, -0.25) is 4.79 Å². The molecule has 1 aromatic carbocycles. The molecule has 0 radical (unpaired) electrons. The van der Waals surface area contributed by atoms with Gasteiger partial charge in [0.1, 0.15) is 0 Å². The number of carbonyl (C=O) groups is 1. The molecule has 1 N–H and O–H groups in total. The van der Waals surface area contributed by atoms with E-state index in [-0.39, 0.29) is 11.5 Å². The van der Waals surface area contributed by atoms with Gasteiger partial charge in [-0.2, -0.15) is 13.2 Å². The van der Waals surface area contributed by atoms with Crippen LogP contribution in [0.15, 0.2) is 24.3 Å². The van der Waals surface area contributed by atoms with Crippen molar-refractivity contribution in [3.8, 4) is 0 Å². The van der Waals surface area contributed by atoms with Crippen LogP contribution in [-0.2, 0) is 6.18 Å². The van der Waals surface area contributed by atoms with Crippen LogP contribution in [0.3, 0.4) is 0 Å². The third kappa shape index (κ3) is 5.02. The highest BCUT2D eigenvalue weighted by Crippen LogP contribution is 2.29. The van der Waals surface area contributed by atoms with E-state index in [1.54, 1.807) is 0 Å². The van der Waals surface area contributed by atoms with Crippen molar-refractivity contribution in [3.63, 3.8) is 0 Å². The van der Waals surface area contributed by atoms with Crippen LogP contribution in [0.4, 0.5) is 13.2 Å². The third-order valence-corrected chi connectivity index (χ3v) is 3.86. The maximum atomic E-state index is 12.4. The lowest BCUT2D eigenvalue weighted by Crippen LogP contribution is -2.33. The number of halogens is 3. The monoisotopic (exact) mass is 314 g/mol. The number of amides is 1. The van der Waals surface area contributed by atoms with Crippen LogP contribution < -0.4 is 5.32 Å². The predicted octanol–water partition coefficient (Wildman–Crippen LogP) is 3.31. The van der Waals surface area contributed by atoms with Gasteiger partial charge in [0.15, 0.2) is 0 Å². The van der Waals surface area contributed by atoms with Gasteiger partial charge in [-0.05, 0) is 63.2 Å². The number of nitrogens with zero attached hydrogens (tertiary/aromatic N) is 1. The number of rotatable bonds is 5. The summed E-state index contributed by atoms with van der Waals surface area (Å²) < 4.78 is 37.3. The summed E-state index contributed by atoms with van der Waals surface area (Å²) in [7, 11) is 0. The van der Waals surface area contributed by atoms with Crippen molar-refractivity contribution in [2.24, 2.45) is 0 Å². The highest BCUT2D eigenvalue weighted by molar-refractivity contribution is 5.94. The second-order valence-corrected chi connectivity index (χ2v) is 5.59.